The van der Waals surface area contributed by atoms with E-state index in [1.165, 1.54) is 13.8 Å². The lowest BCUT2D eigenvalue weighted by Crippen LogP contribution is -2.06. The fourth-order valence-electron chi connectivity index (χ4n) is 0.398. The number of rotatable bonds is 3. The first-order valence-electron chi connectivity index (χ1n) is 3.94. The largest absolute Gasteiger partial charge is 0.460 e. The number of ketones is 1. The molecule has 0 aromatic heterocycles. The van der Waals surface area contributed by atoms with Gasteiger partial charge >= 0.3 is 5.97 Å². The zero-order valence-corrected chi connectivity index (χ0v) is 7.91. The van der Waals surface area contributed by atoms with Crippen molar-refractivity contribution in [3.63, 3.8) is 0 Å². The van der Waals surface area contributed by atoms with Crippen molar-refractivity contribution in [3.8, 4) is 0 Å². The predicted octanol–water partition coefficient (Wildman–Crippen LogP) is 0.710. The summed E-state index contributed by atoms with van der Waals surface area (Å²) in [6, 6.07) is 0. The number of carbonyl (C=O) groups is 2. The van der Waals surface area contributed by atoms with Crippen LogP contribution in [0.4, 0.5) is 0 Å². The smallest absolute Gasteiger partial charge is 0.330 e. The van der Waals surface area contributed by atoms with Gasteiger partial charge in [-0.15, -0.1) is 0 Å². The summed E-state index contributed by atoms with van der Waals surface area (Å²) in [5, 5.41) is 0. The van der Waals surface area contributed by atoms with Gasteiger partial charge in [0.15, 0.2) is 0 Å². The van der Waals surface area contributed by atoms with Crippen molar-refractivity contribution in [3.05, 3.63) is 12.7 Å². The summed E-state index contributed by atoms with van der Waals surface area (Å²) in [5.41, 5.74) is 0. The van der Waals surface area contributed by atoms with Crippen molar-refractivity contribution < 1.29 is 19.1 Å². The maximum atomic E-state index is 10.3. The van der Waals surface area contributed by atoms with Crippen LogP contribution in [0.2, 0.25) is 0 Å². The van der Waals surface area contributed by atoms with Gasteiger partial charge in [0.25, 0.3) is 0 Å². The molecule has 1 unspecified atom stereocenters. The fourth-order valence-corrected chi connectivity index (χ4v) is 0.398. The van der Waals surface area contributed by atoms with Gasteiger partial charge in [-0.3, -0.25) is 0 Å². The lowest BCUT2D eigenvalue weighted by molar-refractivity contribution is -0.138. The zero-order chi connectivity index (χ0) is 10.3. The molecule has 1 rings (SSSR count). The summed E-state index contributed by atoms with van der Waals surface area (Å²) in [6.07, 6.45) is 1.29. The molecule has 0 aromatic rings. The first kappa shape index (κ1) is 11.8. The highest BCUT2D eigenvalue weighted by atomic mass is 16.6. The fraction of sp³-hybridized carbons (Fsp3) is 0.556. The Labute approximate surface area is 77.5 Å². The van der Waals surface area contributed by atoms with Crippen molar-refractivity contribution >= 4 is 11.8 Å². The van der Waals surface area contributed by atoms with Gasteiger partial charge in [0.1, 0.15) is 18.5 Å². The highest BCUT2D eigenvalue weighted by Gasteiger charge is 2.23. The van der Waals surface area contributed by atoms with Gasteiger partial charge < -0.3 is 14.3 Å². The van der Waals surface area contributed by atoms with Crippen molar-refractivity contribution in [2.75, 3.05) is 13.2 Å². The van der Waals surface area contributed by atoms with Gasteiger partial charge in [-0.05, 0) is 13.8 Å². The monoisotopic (exact) mass is 186 g/mol. The molecule has 1 aliphatic rings. The molecular weight excluding hydrogens is 172 g/mol. The Bertz CT molecular complexity index is 190. The molecule has 0 bridgehead atoms. The molecule has 4 nitrogen and oxygen atoms in total. The van der Waals surface area contributed by atoms with E-state index in [9.17, 15) is 9.59 Å². The number of epoxide rings is 1. The molecule has 0 radical (unpaired) electrons. The van der Waals surface area contributed by atoms with E-state index < -0.39 is 0 Å². The van der Waals surface area contributed by atoms with Gasteiger partial charge in [-0.2, -0.15) is 0 Å². The third kappa shape index (κ3) is 10.8. The Morgan fingerprint density at radius 2 is 2.08 bits per heavy atom. The molecule has 0 saturated carbocycles. The van der Waals surface area contributed by atoms with Crippen LogP contribution in [0.15, 0.2) is 12.7 Å². The van der Waals surface area contributed by atoms with Crippen LogP contribution in [-0.4, -0.2) is 31.1 Å². The van der Waals surface area contributed by atoms with E-state index in [0.29, 0.717) is 13.2 Å². The summed E-state index contributed by atoms with van der Waals surface area (Å²) in [6.45, 7) is 7.38. The van der Waals surface area contributed by atoms with Gasteiger partial charge in [-0.1, -0.05) is 6.58 Å². The Balaban J connectivity index is 0.000000310. The average molecular weight is 186 g/mol. The van der Waals surface area contributed by atoms with Gasteiger partial charge in [0, 0.05) is 6.08 Å². The van der Waals surface area contributed by atoms with Crippen molar-refractivity contribution in [2.45, 2.75) is 20.0 Å². The Hall–Kier alpha value is -1.16. The summed E-state index contributed by atoms with van der Waals surface area (Å²) >= 11 is 0. The molecule has 0 aromatic carbocycles. The second kappa shape index (κ2) is 6.37. The topological polar surface area (TPSA) is 55.9 Å². The molecule has 1 saturated heterocycles. The van der Waals surface area contributed by atoms with Gasteiger partial charge in [0.05, 0.1) is 6.61 Å². The number of ether oxygens (including phenoxy) is 2. The van der Waals surface area contributed by atoms with Crippen molar-refractivity contribution in [2.24, 2.45) is 0 Å². The molecule has 0 amide bonds. The van der Waals surface area contributed by atoms with Crippen LogP contribution in [0.25, 0.3) is 0 Å². The summed E-state index contributed by atoms with van der Waals surface area (Å²) in [4.78, 5) is 19.8. The van der Waals surface area contributed by atoms with Crippen LogP contribution < -0.4 is 0 Å². The minimum absolute atomic E-state index is 0.147. The van der Waals surface area contributed by atoms with E-state index in [1.807, 2.05) is 0 Å². The number of esters is 1. The molecule has 13 heavy (non-hydrogen) atoms. The molecule has 1 heterocycles. The molecule has 0 N–H and O–H groups in total. The van der Waals surface area contributed by atoms with E-state index in [-0.39, 0.29) is 17.9 Å². The lowest BCUT2D eigenvalue weighted by Gasteiger charge is -1.94. The first-order valence-corrected chi connectivity index (χ1v) is 3.94. The maximum Gasteiger partial charge on any atom is 0.330 e. The van der Waals surface area contributed by atoms with Crippen LogP contribution in [0, 0.1) is 0 Å². The second-order valence-electron chi connectivity index (χ2n) is 2.70. The van der Waals surface area contributed by atoms with Crippen molar-refractivity contribution in [1.29, 1.82) is 0 Å². The normalized spacial score (nSPS) is 17.8. The number of carbonyl (C=O) groups excluding carboxylic acids is 2. The SMILES string of the molecule is C=CC(=O)OCC1CO1.CC(C)=O. The van der Waals surface area contributed by atoms with E-state index in [4.69, 9.17) is 4.74 Å². The molecule has 0 aliphatic carbocycles. The predicted molar refractivity (Wildman–Crippen MR) is 47.3 cm³/mol. The van der Waals surface area contributed by atoms with E-state index in [0.717, 1.165) is 6.08 Å². The highest BCUT2D eigenvalue weighted by Crippen LogP contribution is 2.08. The average Bonchev–Trinajstić information content (AvgIpc) is 2.82. The number of Topliss-reactive ketones (excluding diaryl/α,β-unsaturated/α-hetero) is 1. The van der Waals surface area contributed by atoms with E-state index >= 15 is 0 Å². The summed E-state index contributed by atoms with van der Waals surface area (Å²) in [7, 11) is 0. The quantitative estimate of drug-likeness (QED) is 0.370. The van der Waals surface area contributed by atoms with E-state index in [1.54, 1.807) is 0 Å². The molecule has 1 aliphatic heterocycles. The van der Waals surface area contributed by atoms with Gasteiger partial charge in [-0.25, -0.2) is 4.79 Å². The molecule has 1 fully saturated rings. The van der Waals surface area contributed by atoms with E-state index in [2.05, 4.69) is 11.3 Å². The van der Waals surface area contributed by atoms with Crippen LogP contribution in [0.5, 0.6) is 0 Å². The Morgan fingerprint density at radius 1 is 1.62 bits per heavy atom. The van der Waals surface area contributed by atoms with Crippen LogP contribution in [-0.2, 0) is 19.1 Å². The lowest BCUT2D eigenvalue weighted by atomic mass is 10.5. The minimum atomic E-state index is -0.384. The molecule has 0 spiro atoms. The summed E-state index contributed by atoms with van der Waals surface area (Å²) < 4.78 is 9.42. The van der Waals surface area contributed by atoms with Crippen molar-refractivity contribution in [1.82, 2.24) is 0 Å². The standard InChI is InChI=1S/C6H8O3.C3H6O/c1-2-6(7)9-4-5-3-8-5;1-3(2)4/h2,5H,1,3-4H2;1-2H3. The zero-order valence-electron chi connectivity index (χ0n) is 7.91. The second-order valence-corrected chi connectivity index (χ2v) is 2.70. The number of hydrogen-bond acceptors (Lipinski definition) is 4. The van der Waals surface area contributed by atoms with Crippen LogP contribution in [0.3, 0.4) is 0 Å². The molecule has 74 valence electrons. The number of hydrogen-bond donors (Lipinski definition) is 0. The Kier molecular flexibility index (Phi) is 5.80. The maximum absolute atomic E-state index is 10.3. The molecular formula is C9H14O4. The summed E-state index contributed by atoms with van der Waals surface area (Å²) in [5.74, 6) is -0.217. The first-order chi connectivity index (χ1) is 6.06. The third-order valence-corrected chi connectivity index (χ3v) is 0.981. The van der Waals surface area contributed by atoms with Crippen LogP contribution in [0.1, 0.15) is 13.8 Å². The van der Waals surface area contributed by atoms with Gasteiger partial charge in [0.2, 0.25) is 0 Å². The molecule has 4 heteroatoms. The molecule has 1 atom stereocenters. The third-order valence-electron chi connectivity index (χ3n) is 0.981. The Morgan fingerprint density at radius 3 is 2.38 bits per heavy atom. The van der Waals surface area contributed by atoms with Crippen LogP contribution >= 0.6 is 0 Å². The highest BCUT2D eigenvalue weighted by molar-refractivity contribution is 5.81. The minimum Gasteiger partial charge on any atom is -0.460 e.